The highest BCUT2D eigenvalue weighted by Gasteiger charge is 2.57. The molecule has 2 heterocycles. The van der Waals surface area contributed by atoms with E-state index in [1.54, 1.807) is 24.1 Å². The van der Waals surface area contributed by atoms with Gasteiger partial charge >= 0.3 is 0 Å². The van der Waals surface area contributed by atoms with E-state index in [0.717, 1.165) is 24.0 Å². The van der Waals surface area contributed by atoms with E-state index in [1.165, 1.54) is 0 Å². The molecule has 5 rings (SSSR count). The highest BCUT2D eigenvalue weighted by Crippen LogP contribution is 2.51. The van der Waals surface area contributed by atoms with Crippen molar-refractivity contribution < 1.29 is 14.3 Å². The minimum Gasteiger partial charge on any atom is -0.497 e. The number of methoxy groups -OCH3 is 1. The van der Waals surface area contributed by atoms with Crippen molar-refractivity contribution in [1.82, 2.24) is 4.90 Å². The molecule has 194 valence electrons. The fourth-order valence-corrected chi connectivity index (χ4v) is 5.64. The van der Waals surface area contributed by atoms with Gasteiger partial charge in [0.1, 0.15) is 11.7 Å². The van der Waals surface area contributed by atoms with Gasteiger partial charge in [0.15, 0.2) is 0 Å². The van der Waals surface area contributed by atoms with Gasteiger partial charge in [0.05, 0.1) is 45.8 Å². The van der Waals surface area contributed by atoms with E-state index in [0.29, 0.717) is 39.4 Å². The Kier molecular flexibility index (Phi) is 6.61. The molecule has 2 aliphatic heterocycles. The van der Waals surface area contributed by atoms with Crippen LogP contribution in [0.5, 0.6) is 5.75 Å². The number of carbonyl (C=O) groups is 2. The Labute approximate surface area is 227 Å². The molecule has 0 spiro atoms. The third-order valence-corrected chi connectivity index (χ3v) is 8.27. The molecule has 2 unspecified atom stereocenters. The number of anilines is 1. The van der Waals surface area contributed by atoms with Gasteiger partial charge in [0.25, 0.3) is 0 Å². The topological polar surface area (TPSA) is 62.2 Å². The van der Waals surface area contributed by atoms with Gasteiger partial charge in [-0.2, -0.15) is 0 Å². The third-order valence-electron chi connectivity index (χ3n) is 7.54. The third kappa shape index (κ3) is 4.44. The van der Waals surface area contributed by atoms with Crippen molar-refractivity contribution in [3.8, 4) is 5.75 Å². The number of fused-ring (bicyclic) bond motifs is 2. The normalized spacial score (nSPS) is 22.1. The Balaban J connectivity index is 1.78. The molecule has 1 saturated carbocycles. The lowest BCUT2D eigenvalue weighted by molar-refractivity contribution is -0.133. The Hall–Kier alpha value is -2.83. The maximum atomic E-state index is 14.3. The number of amides is 2. The van der Waals surface area contributed by atoms with Crippen LogP contribution in [0, 0.1) is 11.8 Å². The van der Waals surface area contributed by atoms with E-state index >= 15 is 0 Å². The number of nitrogens with zero attached hydrogens (tertiary/aromatic N) is 3. The summed E-state index contributed by atoms with van der Waals surface area (Å²) < 4.78 is 5.38. The molecule has 0 radical (unpaired) electrons. The molecule has 0 aromatic heterocycles. The van der Waals surface area contributed by atoms with Crippen LogP contribution in [0.1, 0.15) is 52.1 Å². The van der Waals surface area contributed by atoms with Gasteiger partial charge < -0.3 is 14.5 Å². The molecule has 1 aliphatic carbocycles. The van der Waals surface area contributed by atoms with Gasteiger partial charge in [-0.05, 0) is 70.4 Å². The summed E-state index contributed by atoms with van der Waals surface area (Å²) >= 11 is 12.9. The fourth-order valence-electron chi connectivity index (χ4n) is 5.32. The number of rotatable bonds is 5. The number of hydrogen-bond acceptors (Lipinski definition) is 4. The minimum absolute atomic E-state index is 0.0229. The molecule has 2 aromatic rings. The zero-order valence-corrected chi connectivity index (χ0v) is 23.2. The van der Waals surface area contributed by atoms with Crippen molar-refractivity contribution in [3.63, 3.8) is 0 Å². The average Bonchev–Trinajstić information content (AvgIpc) is 3.68. The van der Waals surface area contributed by atoms with Gasteiger partial charge in [-0.1, -0.05) is 47.0 Å². The highest BCUT2D eigenvalue weighted by molar-refractivity contribution is 6.42. The molecule has 37 heavy (non-hydrogen) atoms. The number of benzene rings is 2. The number of halogens is 2. The standard InChI is InChI=1S/C29H31Cl2N3O3/c1-16(2)12-13-33-28(36)24-25(17-8-10-19(37-5)11-9-17)34(27(35)18-6-7-18)23-15-21(31)20(30)14-22(23)32-26(24)29(33,3)4/h8-12,14-15,18,24-25H,6-7,13H2,1-5H3. The predicted octanol–water partition coefficient (Wildman–Crippen LogP) is 6.78. The number of ether oxygens (including phenoxy) is 1. The van der Waals surface area contributed by atoms with E-state index in [4.69, 9.17) is 32.9 Å². The van der Waals surface area contributed by atoms with Crippen LogP contribution in [0.2, 0.25) is 10.0 Å². The summed E-state index contributed by atoms with van der Waals surface area (Å²) in [6.07, 6.45) is 3.70. The van der Waals surface area contributed by atoms with Gasteiger partial charge in [0, 0.05) is 12.5 Å². The van der Waals surface area contributed by atoms with E-state index < -0.39 is 17.5 Å². The molecule has 0 bridgehead atoms. The van der Waals surface area contributed by atoms with Gasteiger partial charge in [-0.25, -0.2) is 0 Å². The molecule has 2 fully saturated rings. The zero-order valence-electron chi connectivity index (χ0n) is 21.7. The zero-order chi connectivity index (χ0) is 26.6. The molecule has 1 saturated heterocycles. The second kappa shape index (κ2) is 9.48. The van der Waals surface area contributed by atoms with Crippen molar-refractivity contribution in [2.75, 3.05) is 18.6 Å². The van der Waals surface area contributed by atoms with E-state index in [9.17, 15) is 9.59 Å². The number of likely N-dealkylation sites (tertiary alicyclic amines) is 1. The fraction of sp³-hybridized carbons (Fsp3) is 0.414. The smallest absolute Gasteiger partial charge is 0.234 e. The number of hydrogen-bond donors (Lipinski definition) is 0. The monoisotopic (exact) mass is 539 g/mol. The van der Waals surface area contributed by atoms with Crippen LogP contribution in [0.3, 0.4) is 0 Å². The Bertz CT molecular complexity index is 1320. The average molecular weight is 540 g/mol. The quantitative estimate of drug-likeness (QED) is 0.393. The maximum Gasteiger partial charge on any atom is 0.234 e. The van der Waals surface area contributed by atoms with Crippen molar-refractivity contribution >= 4 is 52.1 Å². The second-order valence-electron chi connectivity index (χ2n) is 10.7. The first-order valence-electron chi connectivity index (χ1n) is 12.5. The summed E-state index contributed by atoms with van der Waals surface area (Å²) in [5, 5.41) is 0.692. The summed E-state index contributed by atoms with van der Waals surface area (Å²) in [7, 11) is 1.61. The summed E-state index contributed by atoms with van der Waals surface area (Å²) in [5.41, 5.74) is 3.12. The number of allylic oxidation sites excluding steroid dienone is 1. The van der Waals surface area contributed by atoms with Crippen LogP contribution in [0.25, 0.3) is 0 Å². The molecular formula is C29H31Cl2N3O3. The van der Waals surface area contributed by atoms with E-state index in [2.05, 4.69) is 0 Å². The maximum absolute atomic E-state index is 14.3. The lowest BCUT2D eigenvalue weighted by Crippen LogP contribution is -2.44. The van der Waals surface area contributed by atoms with Crippen LogP contribution >= 0.6 is 23.2 Å². The minimum atomic E-state index is -0.680. The SMILES string of the molecule is COc1ccc(C2C3C(=O)N(CC=C(C)C)C(C)(C)C3=Nc3cc(Cl)c(Cl)cc3N2C(=O)C2CC2)cc1. The summed E-state index contributed by atoms with van der Waals surface area (Å²) in [5.74, 6) is -0.131. The largest absolute Gasteiger partial charge is 0.497 e. The van der Waals surface area contributed by atoms with Crippen LogP contribution in [-0.4, -0.2) is 41.6 Å². The van der Waals surface area contributed by atoms with E-state index in [-0.39, 0.29) is 17.7 Å². The van der Waals surface area contributed by atoms with Crippen LogP contribution in [0.15, 0.2) is 53.0 Å². The van der Waals surface area contributed by atoms with E-state index in [1.807, 2.05) is 62.9 Å². The van der Waals surface area contributed by atoms with Crippen molar-refractivity contribution in [3.05, 3.63) is 63.7 Å². The molecule has 3 aliphatic rings. The van der Waals surface area contributed by atoms with Gasteiger partial charge in [0.2, 0.25) is 11.8 Å². The number of carbonyl (C=O) groups excluding carboxylic acids is 2. The summed E-state index contributed by atoms with van der Waals surface area (Å²) in [4.78, 5) is 36.9. The number of aliphatic imine (C=N–C) groups is 1. The molecule has 2 atom stereocenters. The van der Waals surface area contributed by atoms with Crippen molar-refractivity contribution in [2.45, 2.75) is 52.1 Å². The second-order valence-corrected chi connectivity index (χ2v) is 11.5. The lowest BCUT2D eigenvalue weighted by atomic mass is 9.84. The molecule has 8 heteroatoms. The molecule has 0 N–H and O–H groups in total. The van der Waals surface area contributed by atoms with Crippen molar-refractivity contribution in [1.29, 1.82) is 0 Å². The Morgan fingerprint density at radius 3 is 2.38 bits per heavy atom. The molecular weight excluding hydrogens is 509 g/mol. The Morgan fingerprint density at radius 1 is 1.14 bits per heavy atom. The van der Waals surface area contributed by atoms with Crippen LogP contribution < -0.4 is 9.64 Å². The highest BCUT2D eigenvalue weighted by atomic mass is 35.5. The molecule has 2 aromatic carbocycles. The first-order chi connectivity index (χ1) is 17.5. The first-order valence-corrected chi connectivity index (χ1v) is 13.3. The molecule has 6 nitrogen and oxygen atoms in total. The lowest BCUT2D eigenvalue weighted by Gasteiger charge is -2.35. The first kappa shape index (κ1) is 25.8. The van der Waals surface area contributed by atoms with Crippen LogP contribution in [0.4, 0.5) is 11.4 Å². The van der Waals surface area contributed by atoms with Crippen LogP contribution in [-0.2, 0) is 9.59 Å². The predicted molar refractivity (Wildman–Crippen MR) is 148 cm³/mol. The molecule has 2 amide bonds. The summed E-state index contributed by atoms with van der Waals surface area (Å²) in [6.45, 7) is 8.53. The van der Waals surface area contributed by atoms with Gasteiger partial charge in [-0.15, -0.1) is 0 Å². The van der Waals surface area contributed by atoms with Crippen molar-refractivity contribution in [2.24, 2.45) is 16.8 Å². The van der Waals surface area contributed by atoms with Gasteiger partial charge in [-0.3, -0.25) is 14.6 Å². The Morgan fingerprint density at radius 2 is 1.78 bits per heavy atom. The summed E-state index contributed by atoms with van der Waals surface area (Å²) in [6, 6.07) is 10.4.